The van der Waals surface area contributed by atoms with Crippen LogP contribution in [0.15, 0.2) is 28.7 Å². The van der Waals surface area contributed by atoms with Crippen molar-refractivity contribution in [1.82, 2.24) is 10.2 Å². The van der Waals surface area contributed by atoms with Gasteiger partial charge in [0.15, 0.2) is 0 Å². The van der Waals surface area contributed by atoms with Crippen LogP contribution in [0.2, 0.25) is 0 Å². The van der Waals surface area contributed by atoms with Crippen LogP contribution in [0.3, 0.4) is 0 Å². The van der Waals surface area contributed by atoms with Crippen LogP contribution in [0.5, 0.6) is 0 Å². The molecule has 1 aliphatic rings. The minimum absolute atomic E-state index is 0.0670. The van der Waals surface area contributed by atoms with E-state index in [1.807, 2.05) is 24.3 Å². The van der Waals surface area contributed by atoms with Gasteiger partial charge in [-0.05, 0) is 31.5 Å². The molecule has 5 heteroatoms. The van der Waals surface area contributed by atoms with E-state index in [0.29, 0.717) is 6.54 Å². The zero-order chi connectivity index (χ0) is 13.3. The summed E-state index contributed by atoms with van der Waals surface area (Å²) in [6.07, 6.45) is 0. The van der Waals surface area contributed by atoms with Gasteiger partial charge in [0, 0.05) is 11.0 Å². The van der Waals surface area contributed by atoms with E-state index in [2.05, 4.69) is 27.3 Å². The van der Waals surface area contributed by atoms with E-state index in [9.17, 15) is 4.79 Å². The fourth-order valence-corrected chi connectivity index (χ4v) is 2.41. The molecule has 1 fully saturated rings. The number of nitriles is 1. The zero-order valence-electron chi connectivity index (χ0n) is 10.3. The van der Waals surface area contributed by atoms with Crippen molar-refractivity contribution in [3.63, 3.8) is 0 Å². The number of hydrogen-bond acceptors (Lipinski definition) is 2. The summed E-state index contributed by atoms with van der Waals surface area (Å²) >= 11 is 3.41. The molecule has 0 radical (unpaired) electrons. The van der Waals surface area contributed by atoms with Crippen LogP contribution < -0.4 is 5.32 Å². The summed E-state index contributed by atoms with van der Waals surface area (Å²) < 4.78 is 0.979. The Balaban J connectivity index is 2.22. The van der Waals surface area contributed by atoms with Crippen LogP contribution in [0, 0.1) is 11.3 Å². The number of benzene rings is 1. The van der Waals surface area contributed by atoms with Crippen molar-refractivity contribution in [3.05, 3.63) is 34.3 Å². The lowest BCUT2D eigenvalue weighted by atomic mass is 10.0. The number of nitrogens with zero attached hydrogens (tertiary/aromatic N) is 2. The van der Waals surface area contributed by atoms with Gasteiger partial charge in [0.25, 0.3) is 0 Å². The summed E-state index contributed by atoms with van der Waals surface area (Å²) in [4.78, 5) is 13.5. The molecule has 1 aromatic rings. The third kappa shape index (κ3) is 2.34. The molecule has 1 unspecified atom stereocenters. The molecular weight excluding hydrogens is 294 g/mol. The maximum Gasteiger partial charge on any atom is 0.319 e. The molecular formula is C13H14BrN3O. The van der Waals surface area contributed by atoms with E-state index in [1.165, 1.54) is 0 Å². The third-order valence-electron chi connectivity index (χ3n) is 3.11. The lowest BCUT2D eigenvalue weighted by Gasteiger charge is -2.27. The minimum Gasteiger partial charge on any atom is -0.329 e. The second-order valence-electron chi connectivity index (χ2n) is 4.84. The molecule has 0 spiro atoms. The summed E-state index contributed by atoms with van der Waals surface area (Å²) in [7, 11) is 0. The predicted molar refractivity (Wildman–Crippen MR) is 71.8 cm³/mol. The number of carbonyl (C=O) groups excluding carboxylic acids is 1. The van der Waals surface area contributed by atoms with Gasteiger partial charge in [-0.25, -0.2) is 4.79 Å². The van der Waals surface area contributed by atoms with Crippen molar-refractivity contribution in [1.29, 1.82) is 5.26 Å². The normalized spacial score (nSPS) is 19.6. The highest BCUT2D eigenvalue weighted by molar-refractivity contribution is 9.10. The molecule has 4 nitrogen and oxygen atoms in total. The van der Waals surface area contributed by atoms with E-state index in [1.54, 1.807) is 18.7 Å². The fourth-order valence-electron chi connectivity index (χ4n) is 1.99. The molecule has 0 saturated carbocycles. The van der Waals surface area contributed by atoms with Crippen LogP contribution in [0.25, 0.3) is 0 Å². The Bertz CT molecular complexity index is 521. The highest BCUT2D eigenvalue weighted by Crippen LogP contribution is 2.27. The van der Waals surface area contributed by atoms with Gasteiger partial charge in [0.1, 0.15) is 5.54 Å². The largest absolute Gasteiger partial charge is 0.329 e. The highest BCUT2D eigenvalue weighted by Gasteiger charge is 2.39. The molecule has 0 aliphatic carbocycles. The Morgan fingerprint density at radius 1 is 1.56 bits per heavy atom. The Morgan fingerprint density at radius 2 is 2.28 bits per heavy atom. The quantitative estimate of drug-likeness (QED) is 0.913. The van der Waals surface area contributed by atoms with E-state index < -0.39 is 5.54 Å². The average Bonchev–Trinajstić information content (AvgIpc) is 2.72. The highest BCUT2D eigenvalue weighted by atomic mass is 79.9. The predicted octanol–water partition coefficient (Wildman–Crippen LogP) is 2.82. The number of rotatable bonds is 2. The summed E-state index contributed by atoms with van der Waals surface area (Å²) in [5.74, 6) is 0. The monoisotopic (exact) mass is 307 g/mol. The number of hydrogen-bond donors (Lipinski definition) is 1. The molecule has 1 N–H and O–H groups in total. The molecule has 0 aromatic heterocycles. The van der Waals surface area contributed by atoms with Crippen LogP contribution >= 0.6 is 15.9 Å². The van der Waals surface area contributed by atoms with Crippen LogP contribution in [-0.2, 0) is 0 Å². The van der Waals surface area contributed by atoms with Crippen molar-refractivity contribution in [2.24, 2.45) is 0 Å². The molecule has 0 bridgehead atoms. The number of halogens is 1. The molecule has 1 aromatic carbocycles. The fraction of sp³-hybridized carbons (Fsp3) is 0.385. The van der Waals surface area contributed by atoms with Gasteiger partial charge in [-0.2, -0.15) is 5.26 Å². The van der Waals surface area contributed by atoms with Gasteiger partial charge >= 0.3 is 6.03 Å². The maximum absolute atomic E-state index is 11.9. The molecule has 2 rings (SSSR count). The van der Waals surface area contributed by atoms with Crippen molar-refractivity contribution < 1.29 is 4.79 Å². The second-order valence-corrected chi connectivity index (χ2v) is 5.75. The van der Waals surface area contributed by atoms with E-state index in [0.717, 1.165) is 10.0 Å². The average molecular weight is 308 g/mol. The number of carbonyl (C=O) groups is 1. The smallest absolute Gasteiger partial charge is 0.319 e. The van der Waals surface area contributed by atoms with Crippen molar-refractivity contribution >= 4 is 22.0 Å². The first-order valence-corrected chi connectivity index (χ1v) is 6.48. The second kappa shape index (κ2) is 4.62. The van der Waals surface area contributed by atoms with Gasteiger partial charge in [-0.3, -0.25) is 0 Å². The summed E-state index contributed by atoms with van der Waals surface area (Å²) in [6, 6.07) is 9.72. The SMILES string of the molecule is CC(C)(C#N)N1CC(c2cccc(Br)c2)NC1=O. The first kappa shape index (κ1) is 12.9. The molecule has 1 heterocycles. The van der Waals surface area contributed by atoms with E-state index in [4.69, 9.17) is 5.26 Å². The van der Waals surface area contributed by atoms with Gasteiger partial charge in [0.05, 0.1) is 12.1 Å². The lowest BCUT2D eigenvalue weighted by molar-refractivity contribution is 0.186. The molecule has 18 heavy (non-hydrogen) atoms. The Kier molecular flexibility index (Phi) is 3.31. The number of nitrogens with one attached hydrogen (secondary N) is 1. The molecule has 1 aliphatic heterocycles. The van der Waals surface area contributed by atoms with E-state index >= 15 is 0 Å². The van der Waals surface area contributed by atoms with Crippen LogP contribution in [0.1, 0.15) is 25.5 Å². The number of urea groups is 1. The summed E-state index contributed by atoms with van der Waals surface area (Å²) in [5, 5.41) is 12.0. The Hall–Kier alpha value is -1.54. The van der Waals surface area contributed by atoms with Crippen molar-refractivity contribution in [2.75, 3.05) is 6.54 Å². The topological polar surface area (TPSA) is 56.1 Å². The third-order valence-corrected chi connectivity index (χ3v) is 3.60. The van der Waals surface area contributed by atoms with Gasteiger partial charge in [-0.15, -0.1) is 0 Å². The van der Waals surface area contributed by atoms with Gasteiger partial charge in [-0.1, -0.05) is 28.1 Å². The Morgan fingerprint density at radius 3 is 2.89 bits per heavy atom. The first-order chi connectivity index (χ1) is 8.44. The van der Waals surface area contributed by atoms with Crippen LogP contribution in [0.4, 0.5) is 4.79 Å². The molecule has 2 amide bonds. The minimum atomic E-state index is -0.787. The first-order valence-electron chi connectivity index (χ1n) is 5.69. The molecule has 1 atom stereocenters. The molecule has 1 saturated heterocycles. The van der Waals surface area contributed by atoms with Crippen molar-refractivity contribution in [3.8, 4) is 6.07 Å². The summed E-state index contributed by atoms with van der Waals surface area (Å²) in [5.41, 5.74) is 0.249. The van der Waals surface area contributed by atoms with E-state index in [-0.39, 0.29) is 12.1 Å². The number of amides is 2. The lowest BCUT2D eigenvalue weighted by Crippen LogP contribution is -2.44. The van der Waals surface area contributed by atoms with Gasteiger partial charge < -0.3 is 10.2 Å². The van der Waals surface area contributed by atoms with Crippen LogP contribution in [-0.4, -0.2) is 23.0 Å². The standard InChI is InChI=1S/C13H14BrN3O/c1-13(2,8-15)17-7-11(16-12(17)18)9-4-3-5-10(14)6-9/h3-6,11H,7H2,1-2H3,(H,16,18). The van der Waals surface area contributed by atoms with Crippen molar-refractivity contribution in [2.45, 2.75) is 25.4 Å². The van der Waals surface area contributed by atoms with Gasteiger partial charge in [0.2, 0.25) is 0 Å². The maximum atomic E-state index is 11.9. The Labute approximate surface area is 115 Å². The zero-order valence-corrected chi connectivity index (χ0v) is 11.9. The molecule has 94 valence electrons. The summed E-state index contributed by atoms with van der Waals surface area (Å²) in [6.45, 7) is 4.00.